The third-order valence-corrected chi connectivity index (χ3v) is 5.12. The lowest BCUT2D eigenvalue weighted by Gasteiger charge is -2.37. The van der Waals surface area contributed by atoms with Gasteiger partial charge in [-0.25, -0.2) is 0 Å². The number of nitrogens with zero attached hydrogens (tertiary/aromatic N) is 1. The number of aliphatic hydroxyl groups is 2. The van der Waals surface area contributed by atoms with Crippen LogP contribution in [0.25, 0.3) is 0 Å². The van der Waals surface area contributed by atoms with Gasteiger partial charge in [-0.15, -0.1) is 0 Å². The molecule has 1 aromatic carbocycles. The molecule has 0 saturated heterocycles. The van der Waals surface area contributed by atoms with E-state index in [0.717, 1.165) is 0 Å². The number of carbonyl (C=O) groups excluding carboxylic acids is 2. The van der Waals surface area contributed by atoms with Crippen LogP contribution in [0, 0.1) is 11.3 Å². The van der Waals surface area contributed by atoms with Gasteiger partial charge >= 0.3 is 0 Å². The van der Waals surface area contributed by atoms with Crippen LogP contribution in [0.5, 0.6) is 0 Å². The molecule has 1 unspecified atom stereocenters. The molecule has 3 aliphatic rings. The van der Waals surface area contributed by atoms with Crippen LogP contribution in [0.15, 0.2) is 29.3 Å². The Labute approximate surface area is 127 Å². The molecule has 4 rings (SSSR count). The summed E-state index contributed by atoms with van der Waals surface area (Å²) in [5, 5.41) is 22.1. The summed E-state index contributed by atoms with van der Waals surface area (Å²) >= 11 is 0. The predicted molar refractivity (Wildman–Crippen MR) is 78.6 cm³/mol. The van der Waals surface area contributed by atoms with Gasteiger partial charge in [-0.05, 0) is 11.8 Å². The molecule has 3 atom stereocenters. The summed E-state index contributed by atoms with van der Waals surface area (Å²) in [7, 11) is 0. The molecular formula is C17H17NO4. The van der Waals surface area contributed by atoms with E-state index in [4.69, 9.17) is 0 Å². The Bertz CT molecular complexity index is 766. The molecule has 2 N–H and O–H groups in total. The number of hydrogen-bond donors (Lipinski definition) is 2. The van der Waals surface area contributed by atoms with Crippen LogP contribution >= 0.6 is 0 Å². The van der Waals surface area contributed by atoms with E-state index < -0.39 is 23.0 Å². The van der Waals surface area contributed by atoms with Crippen molar-refractivity contribution in [2.75, 3.05) is 0 Å². The fourth-order valence-electron chi connectivity index (χ4n) is 4.23. The third-order valence-electron chi connectivity index (χ3n) is 5.12. The minimum Gasteiger partial charge on any atom is -0.376 e. The zero-order chi connectivity index (χ0) is 15.9. The predicted octanol–water partition coefficient (Wildman–Crippen LogP) is 1.22. The van der Waals surface area contributed by atoms with E-state index in [1.807, 2.05) is 13.8 Å². The lowest BCUT2D eigenvalue weighted by Crippen LogP contribution is -2.57. The van der Waals surface area contributed by atoms with Gasteiger partial charge in [0.25, 0.3) is 0 Å². The molecule has 0 bridgehead atoms. The van der Waals surface area contributed by atoms with Crippen molar-refractivity contribution in [3.8, 4) is 0 Å². The SMILES string of the molecule is CC1(C)CC(=O)C2C(=N[C@@]3(O)c4ccccc4C(=O)[C@@]23O)C1. The maximum atomic E-state index is 12.7. The van der Waals surface area contributed by atoms with Crippen molar-refractivity contribution in [2.45, 2.75) is 38.0 Å². The average molecular weight is 299 g/mol. The van der Waals surface area contributed by atoms with Crippen LogP contribution in [0.3, 0.4) is 0 Å². The third kappa shape index (κ3) is 1.34. The zero-order valence-electron chi connectivity index (χ0n) is 12.5. The Kier molecular flexibility index (Phi) is 2.33. The molecule has 1 fully saturated rings. The van der Waals surface area contributed by atoms with E-state index >= 15 is 0 Å². The number of ketones is 2. The van der Waals surface area contributed by atoms with E-state index in [1.165, 1.54) is 0 Å². The van der Waals surface area contributed by atoms with Crippen molar-refractivity contribution >= 4 is 17.3 Å². The van der Waals surface area contributed by atoms with Gasteiger partial charge in [0.15, 0.2) is 5.60 Å². The number of aliphatic imine (C=N–C) groups is 1. The average Bonchev–Trinajstić information content (AvgIpc) is 2.74. The standard InChI is InChI=1S/C17H17NO4/c1-15(2)7-11-13(12(19)8-15)16(21)14(20)9-5-3-4-6-10(9)17(16,22)18-11/h3-6,13,21-22H,7-8H2,1-2H3/t13?,16-,17+/m0/s1. The Morgan fingerprint density at radius 1 is 1.14 bits per heavy atom. The molecular weight excluding hydrogens is 282 g/mol. The second-order valence-corrected chi connectivity index (χ2v) is 7.33. The summed E-state index contributed by atoms with van der Waals surface area (Å²) in [6, 6.07) is 6.49. The second-order valence-electron chi connectivity index (χ2n) is 7.33. The van der Waals surface area contributed by atoms with Gasteiger partial charge < -0.3 is 10.2 Å². The van der Waals surface area contributed by atoms with Crippen molar-refractivity contribution in [3.63, 3.8) is 0 Å². The lowest BCUT2D eigenvalue weighted by atomic mass is 9.65. The van der Waals surface area contributed by atoms with Gasteiger partial charge in [0, 0.05) is 23.3 Å². The van der Waals surface area contributed by atoms with Crippen molar-refractivity contribution in [1.82, 2.24) is 0 Å². The monoisotopic (exact) mass is 299 g/mol. The second kappa shape index (κ2) is 3.73. The maximum Gasteiger partial charge on any atom is 0.220 e. The summed E-state index contributed by atoms with van der Waals surface area (Å²) in [6.45, 7) is 3.89. The largest absolute Gasteiger partial charge is 0.376 e. The molecule has 0 spiro atoms. The van der Waals surface area contributed by atoms with Gasteiger partial charge in [0.1, 0.15) is 5.78 Å². The van der Waals surface area contributed by atoms with Crippen molar-refractivity contribution < 1.29 is 19.8 Å². The van der Waals surface area contributed by atoms with Gasteiger partial charge in [-0.2, -0.15) is 0 Å². The molecule has 5 heteroatoms. The Hall–Kier alpha value is -1.85. The first-order chi connectivity index (χ1) is 10.2. The Balaban J connectivity index is 1.97. The number of hydrogen-bond acceptors (Lipinski definition) is 5. The van der Waals surface area contributed by atoms with Crippen LogP contribution < -0.4 is 0 Å². The molecule has 1 aromatic rings. The number of Topliss-reactive ketones (excluding diaryl/α,β-unsaturated/α-hetero) is 2. The van der Waals surface area contributed by atoms with Crippen molar-refractivity contribution in [3.05, 3.63) is 35.4 Å². The zero-order valence-corrected chi connectivity index (χ0v) is 12.5. The quantitative estimate of drug-likeness (QED) is 0.754. The van der Waals surface area contributed by atoms with Crippen LogP contribution in [0.4, 0.5) is 0 Å². The van der Waals surface area contributed by atoms with E-state index in [2.05, 4.69) is 4.99 Å². The minimum atomic E-state index is -2.19. The lowest BCUT2D eigenvalue weighted by molar-refractivity contribution is -0.146. The topological polar surface area (TPSA) is 87.0 Å². The molecule has 0 amide bonds. The van der Waals surface area contributed by atoms with Crippen molar-refractivity contribution in [1.29, 1.82) is 0 Å². The van der Waals surface area contributed by atoms with Gasteiger partial charge in [0.2, 0.25) is 11.5 Å². The van der Waals surface area contributed by atoms with E-state index in [9.17, 15) is 19.8 Å². The normalized spacial score (nSPS) is 38.4. The highest BCUT2D eigenvalue weighted by Crippen LogP contribution is 2.56. The van der Waals surface area contributed by atoms with E-state index in [-0.39, 0.29) is 28.7 Å². The number of fused-ring (bicyclic) bond motifs is 5. The van der Waals surface area contributed by atoms with Gasteiger partial charge in [-0.3, -0.25) is 14.6 Å². The molecule has 2 aliphatic carbocycles. The first kappa shape index (κ1) is 13.8. The van der Waals surface area contributed by atoms with Crippen molar-refractivity contribution in [2.24, 2.45) is 16.3 Å². The molecule has 0 radical (unpaired) electrons. The van der Waals surface area contributed by atoms with Crippen LogP contribution in [-0.4, -0.2) is 33.1 Å². The highest BCUT2D eigenvalue weighted by atomic mass is 16.4. The summed E-state index contributed by atoms with van der Waals surface area (Å²) in [5.74, 6) is -1.87. The molecule has 1 saturated carbocycles. The summed E-state index contributed by atoms with van der Waals surface area (Å²) in [6.07, 6.45) is 0.752. The first-order valence-corrected chi connectivity index (χ1v) is 7.41. The first-order valence-electron chi connectivity index (χ1n) is 7.41. The minimum absolute atomic E-state index is 0.227. The van der Waals surface area contributed by atoms with Gasteiger partial charge in [-0.1, -0.05) is 38.1 Å². The summed E-state index contributed by atoms with van der Waals surface area (Å²) < 4.78 is 0. The maximum absolute atomic E-state index is 12.7. The van der Waals surface area contributed by atoms with E-state index in [0.29, 0.717) is 12.1 Å². The molecule has 0 aromatic heterocycles. The Morgan fingerprint density at radius 3 is 2.55 bits per heavy atom. The highest BCUT2D eigenvalue weighted by molar-refractivity contribution is 6.21. The Morgan fingerprint density at radius 2 is 1.82 bits per heavy atom. The van der Waals surface area contributed by atoms with E-state index in [1.54, 1.807) is 24.3 Å². The van der Waals surface area contributed by atoms with Crippen LogP contribution in [-0.2, 0) is 10.5 Å². The summed E-state index contributed by atoms with van der Waals surface area (Å²) in [5.41, 5.74) is -3.55. The fourth-order valence-corrected chi connectivity index (χ4v) is 4.23. The number of carbonyl (C=O) groups is 2. The molecule has 1 heterocycles. The van der Waals surface area contributed by atoms with Gasteiger partial charge in [0.05, 0.1) is 5.92 Å². The number of benzene rings is 1. The molecule has 114 valence electrons. The molecule has 5 nitrogen and oxygen atoms in total. The highest BCUT2D eigenvalue weighted by Gasteiger charge is 2.73. The number of rotatable bonds is 0. The van der Waals surface area contributed by atoms with Crippen LogP contribution in [0.1, 0.15) is 42.6 Å². The molecule has 22 heavy (non-hydrogen) atoms. The summed E-state index contributed by atoms with van der Waals surface area (Å²) in [4.78, 5) is 29.6. The molecule has 1 aliphatic heterocycles. The van der Waals surface area contributed by atoms with Crippen LogP contribution in [0.2, 0.25) is 0 Å². The smallest absolute Gasteiger partial charge is 0.220 e. The fraction of sp³-hybridized carbons (Fsp3) is 0.471.